The molecule has 3 rings (SSSR count). The van der Waals surface area contributed by atoms with E-state index in [4.69, 9.17) is 4.74 Å². The minimum atomic E-state index is -3.59. The van der Waals surface area contributed by atoms with Crippen molar-refractivity contribution in [3.05, 3.63) is 54.1 Å². The van der Waals surface area contributed by atoms with Gasteiger partial charge in [0.05, 0.1) is 4.90 Å². The van der Waals surface area contributed by atoms with E-state index < -0.39 is 10.0 Å². The molecule has 0 bridgehead atoms. The number of amides is 1. The zero-order valence-electron chi connectivity index (χ0n) is 18.7. The highest BCUT2D eigenvalue weighted by Crippen LogP contribution is 2.30. The van der Waals surface area contributed by atoms with Crippen LogP contribution < -0.4 is 10.1 Å². The summed E-state index contributed by atoms with van der Waals surface area (Å²) in [5.41, 5.74) is 1.09. The summed E-state index contributed by atoms with van der Waals surface area (Å²) < 4.78 is 33.2. The molecular weight excluding hydrogens is 428 g/mol. The fourth-order valence-corrected chi connectivity index (χ4v) is 5.87. The summed E-state index contributed by atoms with van der Waals surface area (Å²) >= 11 is 0. The van der Waals surface area contributed by atoms with E-state index in [1.165, 1.54) is 12.1 Å². The molecule has 7 nitrogen and oxygen atoms in total. The molecule has 1 aliphatic rings. The van der Waals surface area contributed by atoms with Gasteiger partial charge >= 0.3 is 0 Å². The second-order valence-corrected chi connectivity index (χ2v) is 9.97. The minimum Gasteiger partial charge on any atom is -0.484 e. The molecule has 1 amide bonds. The van der Waals surface area contributed by atoms with Gasteiger partial charge in [0.1, 0.15) is 5.75 Å². The SMILES string of the molecule is CCC(=O)c1ccc(OCC(=O)Nc2ccc(S(=O)(=O)N3C(C)CCCC3C)cc2)cc1. The van der Waals surface area contributed by atoms with E-state index in [-0.39, 0.29) is 35.3 Å². The third kappa shape index (κ3) is 5.55. The monoisotopic (exact) mass is 458 g/mol. The van der Waals surface area contributed by atoms with Gasteiger partial charge in [0.15, 0.2) is 12.4 Å². The Bertz CT molecular complexity index is 1040. The largest absolute Gasteiger partial charge is 0.484 e. The molecule has 0 aromatic heterocycles. The van der Waals surface area contributed by atoms with Gasteiger partial charge in [-0.2, -0.15) is 4.31 Å². The second kappa shape index (κ2) is 10.3. The predicted octanol–water partition coefficient (Wildman–Crippen LogP) is 4.25. The molecule has 2 unspecified atom stereocenters. The molecule has 2 atom stereocenters. The number of sulfonamides is 1. The van der Waals surface area contributed by atoms with Crippen molar-refractivity contribution in [1.82, 2.24) is 4.31 Å². The van der Waals surface area contributed by atoms with E-state index in [9.17, 15) is 18.0 Å². The lowest BCUT2D eigenvalue weighted by molar-refractivity contribution is -0.118. The van der Waals surface area contributed by atoms with Crippen LogP contribution in [0.5, 0.6) is 5.75 Å². The van der Waals surface area contributed by atoms with Gasteiger partial charge in [-0.1, -0.05) is 13.3 Å². The van der Waals surface area contributed by atoms with E-state index in [1.54, 1.807) is 47.6 Å². The van der Waals surface area contributed by atoms with Crippen LogP contribution in [0.4, 0.5) is 5.69 Å². The zero-order chi connectivity index (χ0) is 23.3. The first-order chi connectivity index (χ1) is 15.2. The van der Waals surface area contributed by atoms with Crippen molar-refractivity contribution in [3.8, 4) is 5.75 Å². The van der Waals surface area contributed by atoms with Gasteiger partial charge in [0.25, 0.3) is 5.91 Å². The molecule has 2 aromatic rings. The van der Waals surface area contributed by atoms with Gasteiger partial charge in [-0.25, -0.2) is 8.42 Å². The number of Topliss-reactive ketones (excluding diaryl/α,β-unsaturated/α-hetero) is 1. The van der Waals surface area contributed by atoms with Gasteiger partial charge in [0, 0.05) is 29.8 Å². The van der Waals surface area contributed by atoms with Crippen LogP contribution in [0.2, 0.25) is 0 Å². The Morgan fingerprint density at radius 2 is 1.59 bits per heavy atom. The van der Waals surface area contributed by atoms with Gasteiger partial charge in [-0.05, 0) is 75.2 Å². The van der Waals surface area contributed by atoms with Crippen molar-refractivity contribution in [1.29, 1.82) is 0 Å². The van der Waals surface area contributed by atoms with E-state index >= 15 is 0 Å². The molecule has 1 heterocycles. The van der Waals surface area contributed by atoms with Gasteiger partial charge < -0.3 is 10.1 Å². The number of carbonyl (C=O) groups is 2. The van der Waals surface area contributed by atoms with Crippen LogP contribution in [-0.4, -0.2) is 43.1 Å². The van der Waals surface area contributed by atoms with Crippen LogP contribution in [0.1, 0.15) is 56.8 Å². The van der Waals surface area contributed by atoms with Crippen LogP contribution in [-0.2, 0) is 14.8 Å². The number of anilines is 1. The summed E-state index contributed by atoms with van der Waals surface area (Å²) in [4.78, 5) is 24.1. The van der Waals surface area contributed by atoms with E-state index in [0.717, 1.165) is 19.3 Å². The smallest absolute Gasteiger partial charge is 0.262 e. The van der Waals surface area contributed by atoms with E-state index in [2.05, 4.69) is 5.32 Å². The lowest BCUT2D eigenvalue weighted by Crippen LogP contribution is -2.47. The first-order valence-electron chi connectivity index (χ1n) is 10.9. The lowest BCUT2D eigenvalue weighted by Gasteiger charge is -2.37. The van der Waals surface area contributed by atoms with Crippen molar-refractivity contribution in [3.63, 3.8) is 0 Å². The number of rotatable bonds is 8. The Kier molecular flexibility index (Phi) is 7.69. The molecular formula is C24H30N2O5S. The highest BCUT2D eigenvalue weighted by molar-refractivity contribution is 7.89. The highest BCUT2D eigenvalue weighted by atomic mass is 32.2. The average Bonchev–Trinajstić information content (AvgIpc) is 2.77. The van der Waals surface area contributed by atoms with Gasteiger partial charge in [0.2, 0.25) is 10.0 Å². The number of hydrogen-bond acceptors (Lipinski definition) is 5. The maximum absolute atomic E-state index is 13.1. The van der Waals surface area contributed by atoms with Crippen LogP contribution in [0.3, 0.4) is 0 Å². The Morgan fingerprint density at radius 1 is 1.00 bits per heavy atom. The predicted molar refractivity (Wildman–Crippen MR) is 123 cm³/mol. The first kappa shape index (κ1) is 23.9. The average molecular weight is 459 g/mol. The molecule has 1 saturated heterocycles. The maximum atomic E-state index is 13.1. The summed E-state index contributed by atoms with van der Waals surface area (Å²) in [6.07, 6.45) is 3.17. The molecule has 8 heteroatoms. The Labute approximate surface area is 189 Å². The molecule has 2 aromatic carbocycles. The number of carbonyl (C=O) groups excluding carboxylic acids is 2. The highest BCUT2D eigenvalue weighted by Gasteiger charge is 2.35. The number of nitrogens with one attached hydrogen (secondary N) is 1. The number of piperidine rings is 1. The number of nitrogens with zero attached hydrogens (tertiary/aromatic N) is 1. The van der Waals surface area contributed by atoms with Crippen molar-refractivity contribution in [2.75, 3.05) is 11.9 Å². The number of ether oxygens (including phenoxy) is 1. The standard InChI is InChI=1S/C24H30N2O5S/c1-4-23(27)19-8-12-21(13-9-19)31-16-24(28)25-20-10-14-22(15-11-20)32(29,30)26-17(2)6-5-7-18(26)3/h8-15,17-18H,4-7,16H2,1-3H3,(H,25,28). The summed E-state index contributed by atoms with van der Waals surface area (Å²) in [6, 6.07) is 12.8. The topological polar surface area (TPSA) is 92.8 Å². The first-order valence-corrected chi connectivity index (χ1v) is 12.4. The summed E-state index contributed by atoms with van der Waals surface area (Å²) in [7, 11) is -3.59. The van der Waals surface area contributed by atoms with Crippen LogP contribution in [0.15, 0.2) is 53.4 Å². The second-order valence-electron chi connectivity index (χ2n) is 8.13. The van der Waals surface area contributed by atoms with Crippen molar-refractivity contribution in [2.24, 2.45) is 0 Å². The maximum Gasteiger partial charge on any atom is 0.262 e. The Hall–Kier alpha value is -2.71. The minimum absolute atomic E-state index is 0.0329. The van der Waals surface area contributed by atoms with Crippen LogP contribution in [0, 0.1) is 0 Å². The van der Waals surface area contributed by atoms with Crippen molar-refractivity contribution in [2.45, 2.75) is 63.4 Å². The summed E-state index contributed by atoms with van der Waals surface area (Å²) in [5.74, 6) is 0.163. The van der Waals surface area contributed by atoms with E-state index in [0.29, 0.717) is 23.4 Å². The fraction of sp³-hybridized carbons (Fsp3) is 0.417. The lowest BCUT2D eigenvalue weighted by atomic mass is 10.0. The number of benzene rings is 2. The number of hydrogen-bond donors (Lipinski definition) is 1. The van der Waals surface area contributed by atoms with Crippen molar-refractivity contribution >= 4 is 27.4 Å². The molecule has 0 aliphatic carbocycles. The quantitative estimate of drug-likeness (QED) is 0.597. The summed E-state index contributed by atoms with van der Waals surface area (Å²) in [5, 5.41) is 2.70. The number of ketones is 1. The summed E-state index contributed by atoms with van der Waals surface area (Å²) in [6.45, 7) is 5.48. The molecule has 1 fully saturated rings. The fourth-order valence-electron chi connectivity index (χ4n) is 3.99. The van der Waals surface area contributed by atoms with Gasteiger partial charge in [-0.3, -0.25) is 9.59 Å². The Morgan fingerprint density at radius 3 is 2.16 bits per heavy atom. The molecule has 1 aliphatic heterocycles. The molecule has 32 heavy (non-hydrogen) atoms. The third-order valence-electron chi connectivity index (χ3n) is 5.69. The molecule has 1 N–H and O–H groups in total. The van der Waals surface area contributed by atoms with Crippen LogP contribution in [0.25, 0.3) is 0 Å². The van der Waals surface area contributed by atoms with E-state index in [1.807, 2.05) is 13.8 Å². The third-order valence-corrected chi connectivity index (χ3v) is 7.84. The zero-order valence-corrected chi connectivity index (χ0v) is 19.5. The molecule has 172 valence electrons. The molecule has 0 saturated carbocycles. The molecule has 0 radical (unpaired) electrons. The van der Waals surface area contributed by atoms with Gasteiger partial charge in [-0.15, -0.1) is 0 Å². The van der Waals surface area contributed by atoms with Crippen LogP contribution >= 0.6 is 0 Å². The van der Waals surface area contributed by atoms with Crippen molar-refractivity contribution < 1.29 is 22.7 Å². The molecule has 0 spiro atoms. The Balaban J connectivity index is 1.58. The normalized spacial score (nSPS) is 19.3.